The van der Waals surface area contributed by atoms with Crippen molar-refractivity contribution in [2.45, 2.75) is 39.1 Å². The molecule has 0 radical (unpaired) electrons. The van der Waals surface area contributed by atoms with Crippen molar-refractivity contribution in [3.05, 3.63) is 45.4 Å². The zero-order valence-corrected chi connectivity index (χ0v) is 19.8. The molecular weight excluding hydrogens is 462 g/mol. The highest BCUT2D eigenvalue weighted by atomic mass is 35.5. The summed E-state index contributed by atoms with van der Waals surface area (Å²) in [6.07, 6.45) is -0.199. The van der Waals surface area contributed by atoms with Crippen molar-refractivity contribution < 1.29 is 22.7 Å². The van der Waals surface area contributed by atoms with Crippen LogP contribution in [0.4, 0.5) is 0 Å². The number of nitrogens with zero attached hydrogens (tertiary/aromatic N) is 2. The first-order valence-corrected chi connectivity index (χ1v) is 12.8. The molecule has 1 aromatic carbocycles. The molecule has 1 saturated heterocycles. The van der Waals surface area contributed by atoms with E-state index in [1.165, 1.54) is 15.6 Å². The Morgan fingerprint density at radius 2 is 1.97 bits per heavy atom. The average Bonchev–Trinajstić information content (AvgIpc) is 3.14. The second-order valence-electron chi connectivity index (χ2n) is 7.39. The van der Waals surface area contributed by atoms with Crippen LogP contribution in [0.15, 0.2) is 29.6 Å². The first kappa shape index (κ1) is 23.9. The van der Waals surface area contributed by atoms with E-state index in [-0.39, 0.29) is 36.8 Å². The summed E-state index contributed by atoms with van der Waals surface area (Å²) >= 11 is 7.25. The molecule has 1 aliphatic rings. The molecule has 0 bridgehead atoms. The standard InChI is InChI=1S/C20H26ClN3O5S2/c1-14-10-24(11-15(2)29-14)31(26,27)8-7-22-19(25)9-17-13-30-20(23-17)12-28-18-5-3-16(21)4-6-18/h3-6,13-15H,7-12H2,1-2H3,(H,22,25). The van der Waals surface area contributed by atoms with Crippen LogP contribution in [0.5, 0.6) is 5.75 Å². The Morgan fingerprint density at radius 1 is 1.29 bits per heavy atom. The summed E-state index contributed by atoms with van der Waals surface area (Å²) in [7, 11) is -3.45. The van der Waals surface area contributed by atoms with Crippen LogP contribution >= 0.6 is 22.9 Å². The van der Waals surface area contributed by atoms with Crippen LogP contribution in [0.1, 0.15) is 24.5 Å². The first-order chi connectivity index (χ1) is 14.7. The predicted molar refractivity (Wildman–Crippen MR) is 120 cm³/mol. The maximum Gasteiger partial charge on any atom is 0.226 e. The second-order valence-corrected chi connectivity index (χ2v) is 10.9. The Bertz CT molecular complexity index is 971. The highest BCUT2D eigenvalue weighted by Gasteiger charge is 2.30. The summed E-state index contributed by atoms with van der Waals surface area (Å²) in [4.78, 5) is 16.6. The molecular formula is C20H26ClN3O5S2. The van der Waals surface area contributed by atoms with Crippen LogP contribution in [-0.2, 0) is 32.6 Å². The fraction of sp³-hybridized carbons (Fsp3) is 0.500. The van der Waals surface area contributed by atoms with E-state index in [4.69, 9.17) is 21.1 Å². The monoisotopic (exact) mass is 487 g/mol. The van der Waals surface area contributed by atoms with Crippen molar-refractivity contribution in [3.8, 4) is 5.75 Å². The minimum atomic E-state index is -3.45. The Morgan fingerprint density at radius 3 is 2.65 bits per heavy atom. The van der Waals surface area contributed by atoms with E-state index in [2.05, 4.69) is 10.3 Å². The number of morpholine rings is 1. The molecule has 2 atom stereocenters. The van der Waals surface area contributed by atoms with Gasteiger partial charge in [0.1, 0.15) is 17.4 Å². The molecule has 3 rings (SSSR count). The van der Waals surface area contributed by atoms with Gasteiger partial charge >= 0.3 is 0 Å². The lowest BCUT2D eigenvalue weighted by Gasteiger charge is -2.34. The number of nitrogens with one attached hydrogen (secondary N) is 1. The number of carbonyl (C=O) groups excluding carboxylic acids is 1. The molecule has 1 aromatic heterocycles. The SMILES string of the molecule is CC1CN(S(=O)(=O)CCNC(=O)Cc2csc(COc3ccc(Cl)cc3)n2)CC(C)O1. The number of aromatic nitrogens is 1. The number of benzene rings is 1. The van der Waals surface area contributed by atoms with E-state index in [0.29, 0.717) is 36.2 Å². The van der Waals surface area contributed by atoms with Gasteiger partial charge in [-0.15, -0.1) is 11.3 Å². The largest absolute Gasteiger partial charge is 0.486 e. The molecule has 0 spiro atoms. The summed E-state index contributed by atoms with van der Waals surface area (Å²) < 4.78 is 37.7. The Kier molecular flexibility index (Phi) is 8.29. The Labute approximate surface area is 191 Å². The van der Waals surface area contributed by atoms with Gasteiger partial charge in [-0.1, -0.05) is 11.6 Å². The topological polar surface area (TPSA) is 97.8 Å². The third-order valence-corrected chi connectivity index (χ3v) is 7.51. The van der Waals surface area contributed by atoms with Gasteiger partial charge in [-0.3, -0.25) is 4.79 Å². The van der Waals surface area contributed by atoms with Gasteiger partial charge in [0.25, 0.3) is 0 Å². The van der Waals surface area contributed by atoms with Crippen LogP contribution in [0, 0.1) is 0 Å². The lowest BCUT2D eigenvalue weighted by molar-refractivity contribution is -0.120. The number of hydrogen-bond acceptors (Lipinski definition) is 7. The maximum absolute atomic E-state index is 12.5. The number of halogens is 1. The van der Waals surface area contributed by atoms with Gasteiger partial charge in [0.2, 0.25) is 15.9 Å². The minimum absolute atomic E-state index is 0.0535. The van der Waals surface area contributed by atoms with Crippen LogP contribution in [0.25, 0.3) is 0 Å². The van der Waals surface area contributed by atoms with Crippen LogP contribution in [0.2, 0.25) is 5.02 Å². The van der Waals surface area contributed by atoms with E-state index in [1.54, 1.807) is 29.6 Å². The minimum Gasteiger partial charge on any atom is -0.486 e. The molecule has 31 heavy (non-hydrogen) atoms. The number of hydrogen-bond donors (Lipinski definition) is 1. The number of ether oxygens (including phenoxy) is 2. The molecule has 2 unspecified atom stereocenters. The zero-order valence-electron chi connectivity index (χ0n) is 17.4. The van der Waals surface area contributed by atoms with Gasteiger partial charge < -0.3 is 14.8 Å². The van der Waals surface area contributed by atoms with Crippen molar-refractivity contribution in [1.82, 2.24) is 14.6 Å². The van der Waals surface area contributed by atoms with Gasteiger partial charge in [-0.25, -0.2) is 13.4 Å². The molecule has 1 amide bonds. The highest BCUT2D eigenvalue weighted by Crippen LogP contribution is 2.18. The molecule has 8 nitrogen and oxygen atoms in total. The second kappa shape index (κ2) is 10.7. The number of carbonyl (C=O) groups is 1. The van der Waals surface area contributed by atoms with Crippen molar-refractivity contribution in [3.63, 3.8) is 0 Å². The quantitative estimate of drug-likeness (QED) is 0.583. The van der Waals surface area contributed by atoms with Gasteiger partial charge in [0.05, 0.1) is 30.1 Å². The lowest BCUT2D eigenvalue weighted by atomic mass is 10.3. The highest BCUT2D eigenvalue weighted by molar-refractivity contribution is 7.89. The van der Waals surface area contributed by atoms with Gasteiger partial charge in [-0.05, 0) is 38.1 Å². The van der Waals surface area contributed by atoms with Crippen molar-refractivity contribution in [2.24, 2.45) is 0 Å². The summed E-state index contributed by atoms with van der Waals surface area (Å²) in [5.41, 5.74) is 0.621. The van der Waals surface area contributed by atoms with E-state index in [0.717, 1.165) is 5.01 Å². The van der Waals surface area contributed by atoms with Crippen molar-refractivity contribution in [1.29, 1.82) is 0 Å². The summed E-state index contributed by atoms with van der Waals surface area (Å²) in [5.74, 6) is 0.272. The third kappa shape index (κ3) is 7.43. The van der Waals surface area contributed by atoms with Crippen LogP contribution < -0.4 is 10.1 Å². The fourth-order valence-electron chi connectivity index (χ4n) is 3.21. The van der Waals surface area contributed by atoms with Gasteiger partial charge in [0.15, 0.2) is 0 Å². The van der Waals surface area contributed by atoms with Gasteiger partial charge in [0, 0.05) is 30.0 Å². The van der Waals surface area contributed by atoms with Crippen LogP contribution in [-0.4, -0.2) is 61.2 Å². The van der Waals surface area contributed by atoms with Crippen molar-refractivity contribution in [2.75, 3.05) is 25.4 Å². The van der Waals surface area contributed by atoms with Gasteiger partial charge in [-0.2, -0.15) is 4.31 Å². The maximum atomic E-state index is 12.5. The molecule has 0 saturated carbocycles. The molecule has 11 heteroatoms. The third-order valence-electron chi connectivity index (χ3n) is 4.58. The number of thiazole rings is 1. The Hall–Kier alpha value is -1.72. The van der Waals surface area contributed by atoms with E-state index < -0.39 is 10.0 Å². The number of rotatable bonds is 9. The molecule has 0 aliphatic carbocycles. The number of amides is 1. The predicted octanol–water partition coefficient (Wildman–Crippen LogP) is 2.47. The molecule has 1 N–H and O–H groups in total. The average molecular weight is 488 g/mol. The molecule has 1 fully saturated rings. The summed E-state index contributed by atoms with van der Waals surface area (Å²) in [6, 6.07) is 7.04. The van der Waals surface area contributed by atoms with E-state index >= 15 is 0 Å². The molecule has 1 aliphatic heterocycles. The number of sulfonamides is 1. The van der Waals surface area contributed by atoms with Crippen LogP contribution in [0.3, 0.4) is 0 Å². The normalized spacial score (nSPS) is 19.8. The Balaban J connectivity index is 1.41. The fourth-order valence-corrected chi connectivity index (χ4v) is 5.53. The summed E-state index contributed by atoms with van der Waals surface area (Å²) in [6.45, 7) is 4.71. The van der Waals surface area contributed by atoms with E-state index in [9.17, 15) is 13.2 Å². The van der Waals surface area contributed by atoms with E-state index in [1.807, 2.05) is 13.8 Å². The molecule has 170 valence electrons. The lowest BCUT2D eigenvalue weighted by Crippen LogP contribution is -2.49. The molecule has 2 aromatic rings. The molecule has 2 heterocycles. The smallest absolute Gasteiger partial charge is 0.226 e. The first-order valence-electron chi connectivity index (χ1n) is 9.93. The summed E-state index contributed by atoms with van der Waals surface area (Å²) in [5, 5.41) is 5.85. The van der Waals surface area contributed by atoms with Crippen molar-refractivity contribution >= 4 is 38.9 Å². The zero-order chi connectivity index (χ0) is 22.4.